The number of amides is 2. The van der Waals surface area contributed by atoms with Crippen LogP contribution in [0.25, 0.3) is 0 Å². The molecule has 0 aromatic carbocycles. The van der Waals surface area contributed by atoms with Crippen molar-refractivity contribution < 1.29 is 9.59 Å². The first-order chi connectivity index (χ1) is 9.15. The van der Waals surface area contributed by atoms with Crippen LogP contribution in [0.2, 0.25) is 0 Å². The van der Waals surface area contributed by atoms with E-state index in [0.717, 1.165) is 5.57 Å². The van der Waals surface area contributed by atoms with E-state index < -0.39 is 0 Å². The van der Waals surface area contributed by atoms with E-state index >= 15 is 0 Å². The van der Waals surface area contributed by atoms with Crippen molar-refractivity contribution in [2.75, 3.05) is 11.9 Å². The van der Waals surface area contributed by atoms with Gasteiger partial charge in [-0.1, -0.05) is 12.2 Å². The van der Waals surface area contributed by atoms with Crippen LogP contribution >= 0.6 is 0 Å². The van der Waals surface area contributed by atoms with E-state index in [9.17, 15) is 9.59 Å². The van der Waals surface area contributed by atoms with Gasteiger partial charge in [0, 0.05) is 18.8 Å². The van der Waals surface area contributed by atoms with E-state index in [0.29, 0.717) is 12.1 Å². The first kappa shape index (κ1) is 13.0. The zero-order valence-corrected chi connectivity index (χ0v) is 10.7. The Hall–Kier alpha value is -2.43. The largest absolute Gasteiger partial charge is 0.323 e. The molecule has 0 unspecified atom stereocenters. The minimum atomic E-state index is -0.243. The summed E-state index contributed by atoms with van der Waals surface area (Å²) in [5.74, 6) is -0.332. The first-order valence-corrected chi connectivity index (χ1v) is 5.99. The fourth-order valence-corrected chi connectivity index (χ4v) is 1.75. The van der Waals surface area contributed by atoms with Crippen molar-refractivity contribution in [1.29, 1.82) is 0 Å². The van der Waals surface area contributed by atoms with Gasteiger partial charge in [-0.3, -0.25) is 14.6 Å². The lowest BCUT2D eigenvalue weighted by molar-refractivity contribution is -0.131. The average molecular weight is 257 g/mol. The van der Waals surface area contributed by atoms with Gasteiger partial charge in [-0.15, -0.1) is 0 Å². The summed E-state index contributed by atoms with van der Waals surface area (Å²) in [7, 11) is 0. The van der Waals surface area contributed by atoms with E-state index in [-0.39, 0.29) is 18.4 Å². The first-order valence-electron chi connectivity index (χ1n) is 5.99. The summed E-state index contributed by atoms with van der Waals surface area (Å²) < 4.78 is 0. The maximum atomic E-state index is 11.9. The lowest BCUT2D eigenvalue weighted by Gasteiger charge is -2.17. The molecule has 1 aliphatic heterocycles. The number of hydrogen-bond donors (Lipinski definition) is 1. The Kier molecular flexibility index (Phi) is 4.07. The molecule has 0 bridgehead atoms. The number of rotatable bonds is 3. The quantitative estimate of drug-likeness (QED) is 0.896. The summed E-state index contributed by atoms with van der Waals surface area (Å²) in [6, 6.07) is 3.48. The van der Waals surface area contributed by atoms with Crippen LogP contribution in [0.1, 0.15) is 13.3 Å². The number of hydrogen-bond acceptors (Lipinski definition) is 3. The number of anilines is 1. The van der Waals surface area contributed by atoms with Gasteiger partial charge in [0.05, 0.1) is 11.9 Å². The monoisotopic (exact) mass is 257 g/mol. The van der Waals surface area contributed by atoms with Crippen molar-refractivity contribution in [3.8, 4) is 0 Å². The zero-order chi connectivity index (χ0) is 13.7. The molecule has 0 fully saturated rings. The van der Waals surface area contributed by atoms with E-state index in [1.165, 1.54) is 4.90 Å². The third-order valence-corrected chi connectivity index (χ3v) is 2.61. The van der Waals surface area contributed by atoms with Gasteiger partial charge in [0.25, 0.3) is 0 Å². The fraction of sp³-hybridized carbons (Fsp3) is 0.214. The second-order valence-corrected chi connectivity index (χ2v) is 4.29. The van der Waals surface area contributed by atoms with Gasteiger partial charge in [0.15, 0.2) is 0 Å². The van der Waals surface area contributed by atoms with Crippen molar-refractivity contribution in [3.05, 3.63) is 48.5 Å². The standard InChI is InChI=1S/C14H15N3O2/c1-11-4-2-6-14(19)17(9-11)10-13(18)16-12-5-3-7-15-8-12/h2-5,7-9H,6,10H2,1H3,(H,16,18). The van der Waals surface area contributed by atoms with Gasteiger partial charge in [-0.2, -0.15) is 0 Å². The van der Waals surface area contributed by atoms with Crippen LogP contribution in [-0.2, 0) is 9.59 Å². The summed E-state index contributed by atoms with van der Waals surface area (Å²) in [5.41, 5.74) is 1.56. The highest BCUT2D eigenvalue weighted by Crippen LogP contribution is 2.09. The predicted molar refractivity (Wildman–Crippen MR) is 72.1 cm³/mol. The predicted octanol–water partition coefficient (Wildman–Crippen LogP) is 1.71. The van der Waals surface area contributed by atoms with Crippen LogP contribution < -0.4 is 5.32 Å². The molecule has 0 radical (unpaired) electrons. The molecule has 98 valence electrons. The molecule has 1 aromatic heterocycles. The van der Waals surface area contributed by atoms with E-state index in [2.05, 4.69) is 10.3 Å². The molecule has 5 nitrogen and oxygen atoms in total. The molecule has 0 spiro atoms. The van der Waals surface area contributed by atoms with Gasteiger partial charge in [-0.05, 0) is 24.6 Å². The molecule has 2 amide bonds. The van der Waals surface area contributed by atoms with Gasteiger partial charge in [0.1, 0.15) is 6.54 Å². The summed E-state index contributed by atoms with van der Waals surface area (Å²) in [6.45, 7) is 1.90. The van der Waals surface area contributed by atoms with Crippen molar-refractivity contribution >= 4 is 17.5 Å². The Morgan fingerprint density at radius 1 is 1.53 bits per heavy atom. The molecule has 1 N–H and O–H groups in total. The van der Waals surface area contributed by atoms with E-state index in [1.807, 2.05) is 13.0 Å². The maximum Gasteiger partial charge on any atom is 0.244 e. The molecule has 0 saturated heterocycles. The van der Waals surface area contributed by atoms with Crippen LogP contribution in [0.4, 0.5) is 5.69 Å². The minimum absolute atomic E-state index is 0.00669. The summed E-state index contributed by atoms with van der Waals surface area (Å²) >= 11 is 0. The second kappa shape index (κ2) is 5.95. The summed E-state index contributed by atoms with van der Waals surface area (Å²) in [4.78, 5) is 29.0. The van der Waals surface area contributed by atoms with Crippen LogP contribution in [0.5, 0.6) is 0 Å². The Labute approximate surface area is 111 Å². The number of carbonyl (C=O) groups excluding carboxylic acids is 2. The average Bonchev–Trinajstić information content (AvgIpc) is 2.53. The highest BCUT2D eigenvalue weighted by atomic mass is 16.2. The molecule has 2 heterocycles. The van der Waals surface area contributed by atoms with Crippen molar-refractivity contribution in [3.63, 3.8) is 0 Å². The van der Waals surface area contributed by atoms with Crippen molar-refractivity contribution in [2.24, 2.45) is 0 Å². The van der Waals surface area contributed by atoms with Gasteiger partial charge in [-0.25, -0.2) is 0 Å². The van der Waals surface area contributed by atoms with Crippen LogP contribution in [-0.4, -0.2) is 28.2 Å². The molecule has 1 aromatic rings. The summed E-state index contributed by atoms with van der Waals surface area (Å²) in [5, 5.41) is 2.70. The molecule has 0 aliphatic carbocycles. The van der Waals surface area contributed by atoms with Crippen LogP contribution in [0.3, 0.4) is 0 Å². The third kappa shape index (κ3) is 3.77. The number of aromatic nitrogens is 1. The highest BCUT2D eigenvalue weighted by molar-refractivity contribution is 5.95. The van der Waals surface area contributed by atoms with Crippen LogP contribution in [0, 0.1) is 0 Å². The highest BCUT2D eigenvalue weighted by Gasteiger charge is 2.16. The molecule has 0 saturated carbocycles. The number of nitrogens with zero attached hydrogens (tertiary/aromatic N) is 2. The number of pyridine rings is 1. The smallest absolute Gasteiger partial charge is 0.244 e. The van der Waals surface area contributed by atoms with E-state index in [1.54, 1.807) is 36.8 Å². The van der Waals surface area contributed by atoms with Crippen molar-refractivity contribution in [2.45, 2.75) is 13.3 Å². The number of nitrogens with one attached hydrogen (secondary N) is 1. The Morgan fingerprint density at radius 2 is 2.37 bits per heavy atom. The lowest BCUT2D eigenvalue weighted by Crippen LogP contribution is -2.33. The Balaban J connectivity index is 1.99. The Bertz CT molecular complexity index is 535. The lowest BCUT2D eigenvalue weighted by atomic mass is 10.3. The zero-order valence-electron chi connectivity index (χ0n) is 10.7. The second-order valence-electron chi connectivity index (χ2n) is 4.29. The minimum Gasteiger partial charge on any atom is -0.323 e. The molecule has 5 heteroatoms. The molecule has 2 rings (SSSR count). The topological polar surface area (TPSA) is 62.3 Å². The van der Waals surface area contributed by atoms with Crippen molar-refractivity contribution in [1.82, 2.24) is 9.88 Å². The van der Waals surface area contributed by atoms with Crippen LogP contribution in [0.15, 0.2) is 48.5 Å². The third-order valence-electron chi connectivity index (χ3n) is 2.61. The molecular formula is C14H15N3O2. The van der Waals surface area contributed by atoms with Gasteiger partial charge < -0.3 is 10.2 Å². The Morgan fingerprint density at radius 3 is 3.11 bits per heavy atom. The van der Waals surface area contributed by atoms with E-state index in [4.69, 9.17) is 0 Å². The number of allylic oxidation sites excluding steroid dienone is 2. The molecule has 0 atom stereocenters. The number of carbonyl (C=O) groups is 2. The normalized spacial score (nSPS) is 14.9. The maximum absolute atomic E-state index is 11.9. The SMILES string of the molecule is CC1=CN(CC(=O)Nc2cccnc2)C(=O)CC=C1. The van der Waals surface area contributed by atoms with Gasteiger partial charge >= 0.3 is 0 Å². The van der Waals surface area contributed by atoms with Gasteiger partial charge in [0.2, 0.25) is 11.8 Å². The fourth-order valence-electron chi connectivity index (χ4n) is 1.75. The molecule has 19 heavy (non-hydrogen) atoms. The molecular weight excluding hydrogens is 242 g/mol. The molecule has 1 aliphatic rings. The summed E-state index contributed by atoms with van der Waals surface area (Å²) in [6.07, 6.45) is 8.86.